The fourth-order valence-electron chi connectivity index (χ4n) is 4.18. The molecule has 0 bridgehead atoms. The van der Waals surface area contributed by atoms with Gasteiger partial charge in [0.15, 0.2) is 11.0 Å². The van der Waals surface area contributed by atoms with Crippen LogP contribution in [0.1, 0.15) is 26.7 Å². The first-order valence-corrected chi connectivity index (χ1v) is 13.1. The van der Waals surface area contributed by atoms with Crippen molar-refractivity contribution in [2.24, 2.45) is 0 Å². The number of benzene rings is 2. The fourth-order valence-corrected chi connectivity index (χ4v) is 4.92. The predicted octanol–water partition coefficient (Wildman–Crippen LogP) is 4.71. The van der Waals surface area contributed by atoms with E-state index in [4.69, 9.17) is 9.47 Å². The third-order valence-electron chi connectivity index (χ3n) is 6.09. The van der Waals surface area contributed by atoms with Crippen LogP contribution in [0.5, 0.6) is 5.75 Å². The van der Waals surface area contributed by atoms with E-state index in [0.717, 1.165) is 61.1 Å². The lowest BCUT2D eigenvalue weighted by atomic mass is 10.2. The van der Waals surface area contributed by atoms with Crippen LogP contribution < -0.4 is 15.0 Å². The second kappa shape index (κ2) is 12.1. The SMILES string of the molecule is CCN(CC)c1ccc(NC(=O)CSc2nnc(-c3ccc(OC)cc3)n2C[C@@H]2CCCO2)cc1. The highest BCUT2D eigenvalue weighted by Gasteiger charge is 2.22. The molecule has 1 aliphatic rings. The van der Waals surface area contributed by atoms with Crippen molar-refractivity contribution in [2.75, 3.05) is 42.8 Å². The van der Waals surface area contributed by atoms with Crippen LogP contribution in [0.2, 0.25) is 0 Å². The van der Waals surface area contributed by atoms with Gasteiger partial charge in [-0.3, -0.25) is 9.36 Å². The van der Waals surface area contributed by atoms with Crippen molar-refractivity contribution >= 4 is 29.0 Å². The standard InChI is InChI=1S/C26H33N5O3S/c1-4-30(5-2)21-12-10-20(11-13-21)27-24(32)18-35-26-29-28-25(19-8-14-22(33-3)15-9-19)31(26)17-23-7-6-16-34-23/h8-15,23H,4-7,16-18H2,1-3H3,(H,27,32)/t23-/m0/s1. The largest absolute Gasteiger partial charge is 0.497 e. The van der Waals surface area contributed by atoms with Gasteiger partial charge >= 0.3 is 0 Å². The monoisotopic (exact) mass is 495 g/mol. The van der Waals surface area contributed by atoms with Crippen molar-refractivity contribution in [3.05, 3.63) is 48.5 Å². The fraction of sp³-hybridized carbons (Fsp3) is 0.423. The normalized spacial score (nSPS) is 15.2. The Kier molecular flexibility index (Phi) is 8.65. The quantitative estimate of drug-likeness (QED) is 0.386. The van der Waals surface area contributed by atoms with Crippen LogP contribution in [0.4, 0.5) is 11.4 Å². The van der Waals surface area contributed by atoms with E-state index < -0.39 is 0 Å². The van der Waals surface area contributed by atoms with Gasteiger partial charge in [0.05, 0.1) is 25.5 Å². The maximum absolute atomic E-state index is 12.7. The first-order valence-electron chi connectivity index (χ1n) is 12.1. The minimum Gasteiger partial charge on any atom is -0.497 e. The van der Waals surface area contributed by atoms with E-state index in [1.54, 1.807) is 7.11 Å². The number of nitrogens with one attached hydrogen (secondary N) is 1. The molecule has 9 heteroatoms. The van der Waals surface area contributed by atoms with Crippen LogP contribution in [0.25, 0.3) is 11.4 Å². The number of hydrogen-bond acceptors (Lipinski definition) is 7. The Morgan fingerprint density at radius 1 is 1.14 bits per heavy atom. The van der Waals surface area contributed by atoms with E-state index in [2.05, 4.69) is 38.8 Å². The number of ether oxygens (including phenoxy) is 2. The predicted molar refractivity (Wildman–Crippen MR) is 140 cm³/mol. The maximum Gasteiger partial charge on any atom is 0.234 e. The number of carbonyl (C=O) groups excluding carboxylic acids is 1. The van der Waals surface area contributed by atoms with Gasteiger partial charge in [0, 0.05) is 36.6 Å². The molecule has 1 aliphatic heterocycles. The molecule has 1 fully saturated rings. The van der Waals surface area contributed by atoms with Gasteiger partial charge in [0.1, 0.15) is 5.75 Å². The smallest absolute Gasteiger partial charge is 0.234 e. The molecule has 2 aromatic carbocycles. The van der Waals surface area contributed by atoms with Gasteiger partial charge in [-0.2, -0.15) is 0 Å². The van der Waals surface area contributed by atoms with Crippen LogP contribution in [-0.4, -0.2) is 59.3 Å². The zero-order chi connectivity index (χ0) is 24.6. The third-order valence-corrected chi connectivity index (χ3v) is 7.05. The zero-order valence-electron chi connectivity index (χ0n) is 20.6. The topological polar surface area (TPSA) is 81.5 Å². The molecule has 186 valence electrons. The summed E-state index contributed by atoms with van der Waals surface area (Å²) in [6.45, 7) is 7.60. The molecule has 1 aromatic heterocycles. The van der Waals surface area contributed by atoms with Crippen LogP contribution in [0.15, 0.2) is 53.7 Å². The lowest BCUT2D eigenvalue weighted by molar-refractivity contribution is -0.113. The first kappa shape index (κ1) is 25.1. The number of thioether (sulfide) groups is 1. The Morgan fingerprint density at radius 2 is 1.89 bits per heavy atom. The average Bonchev–Trinajstić information content (AvgIpc) is 3.55. The van der Waals surface area contributed by atoms with Gasteiger partial charge in [-0.1, -0.05) is 11.8 Å². The summed E-state index contributed by atoms with van der Waals surface area (Å²) in [7, 11) is 1.65. The summed E-state index contributed by atoms with van der Waals surface area (Å²) < 4.78 is 13.2. The number of anilines is 2. The Labute approximate surface area is 211 Å². The molecule has 1 N–H and O–H groups in total. The maximum atomic E-state index is 12.7. The van der Waals surface area contributed by atoms with Crippen molar-refractivity contribution in [2.45, 2.75) is 44.5 Å². The van der Waals surface area contributed by atoms with E-state index in [0.29, 0.717) is 11.7 Å². The molecule has 8 nitrogen and oxygen atoms in total. The average molecular weight is 496 g/mol. The van der Waals surface area contributed by atoms with Crippen LogP contribution >= 0.6 is 11.8 Å². The van der Waals surface area contributed by atoms with E-state index in [-0.39, 0.29) is 17.8 Å². The number of amides is 1. The molecule has 0 unspecified atom stereocenters. The minimum absolute atomic E-state index is 0.0803. The highest BCUT2D eigenvalue weighted by molar-refractivity contribution is 7.99. The molecule has 0 radical (unpaired) electrons. The van der Waals surface area contributed by atoms with Crippen LogP contribution in [0, 0.1) is 0 Å². The summed E-state index contributed by atoms with van der Waals surface area (Å²) in [5.74, 6) is 1.71. The summed E-state index contributed by atoms with van der Waals surface area (Å²) in [5, 5.41) is 12.5. The summed E-state index contributed by atoms with van der Waals surface area (Å²) >= 11 is 1.39. The van der Waals surface area contributed by atoms with Crippen molar-refractivity contribution in [1.82, 2.24) is 14.8 Å². The molecule has 0 spiro atoms. The Balaban J connectivity index is 1.44. The van der Waals surface area contributed by atoms with Crippen molar-refractivity contribution in [1.29, 1.82) is 0 Å². The number of aromatic nitrogens is 3. The Bertz CT molecular complexity index is 1090. The highest BCUT2D eigenvalue weighted by Crippen LogP contribution is 2.28. The second-order valence-electron chi connectivity index (χ2n) is 8.34. The van der Waals surface area contributed by atoms with Crippen molar-refractivity contribution in [3.63, 3.8) is 0 Å². The molecular weight excluding hydrogens is 462 g/mol. The van der Waals surface area contributed by atoms with Gasteiger partial charge in [-0.15, -0.1) is 10.2 Å². The Morgan fingerprint density at radius 3 is 2.51 bits per heavy atom. The van der Waals surface area contributed by atoms with Crippen molar-refractivity contribution in [3.8, 4) is 17.1 Å². The second-order valence-corrected chi connectivity index (χ2v) is 9.28. The van der Waals surface area contributed by atoms with Gasteiger partial charge < -0.3 is 19.7 Å². The molecule has 2 heterocycles. The van der Waals surface area contributed by atoms with Gasteiger partial charge in [0.25, 0.3) is 0 Å². The lowest BCUT2D eigenvalue weighted by Gasteiger charge is -2.21. The summed E-state index contributed by atoms with van der Waals surface area (Å²) in [6, 6.07) is 15.7. The van der Waals surface area contributed by atoms with Gasteiger partial charge in [-0.25, -0.2) is 0 Å². The molecule has 35 heavy (non-hydrogen) atoms. The minimum atomic E-state index is -0.0803. The number of hydrogen-bond donors (Lipinski definition) is 1. The van der Waals surface area contributed by atoms with Gasteiger partial charge in [0.2, 0.25) is 5.91 Å². The first-order chi connectivity index (χ1) is 17.1. The van der Waals surface area contributed by atoms with E-state index in [9.17, 15) is 4.79 Å². The highest BCUT2D eigenvalue weighted by atomic mass is 32.2. The number of nitrogens with zero attached hydrogens (tertiary/aromatic N) is 4. The molecule has 1 saturated heterocycles. The van der Waals surface area contributed by atoms with Crippen LogP contribution in [0.3, 0.4) is 0 Å². The number of carbonyl (C=O) groups is 1. The summed E-state index contributed by atoms with van der Waals surface area (Å²) in [4.78, 5) is 14.9. The lowest BCUT2D eigenvalue weighted by Crippen LogP contribution is -2.21. The molecular formula is C26H33N5O3S. The summed E-state index contributed by atoms with van der Waals surface area (Å²) in [5.41, 5.74) is 2.88. The third kappa shape index (κ3) is 6.35. The van der Waals surface area contributed by atoms with Crippen LogP contribution in [-0.2, 0) is 16.1 Å². The van der Waals surface area contributed by atoms with E-state index in [1.807, 2.05) is 48.5 Å². The van der Waals surface area contributed by atoms with Gasteiger partial charge in [-0.05, 0) is 75.2 Å². The molecule has 0 saturated carbocycles. The molecule has 1 amide bonds. The summed E-state index contributed by atoms with van der Waals surface area (Å²) in [6.07, 6.45) is 2.19. The van der Waals surface area contributed by atoms with E-state index in [1.165, 1.54) is 11.8 Å². The van der Waals surface area contributed by atoms with Crippen molar-refractivity contribution < 1.29 is 14.3 Å². The molecule has 1 atom stereocenters. The molecule has 3 aromatic rings. The number of rotatable bonds is 11. The number of methoxy groups -OCH3 is 1. The zero-order valence-corrected chi connectivity index (χ0v) is 21.4. The molecule has 0 aliphatic carbocycles. The molecule has 4 rings (SSSR count). The van der Waals surface area contributed by atoms with E-state index >= 15 is 0 Å². The Hall–Kier alpha value is -3.04.